The fraction of sp³-hybridized carbons (Fsp3) is 0.300. The van der Waals surface area contributed by atoms with Crippen molar-refractivity contribution in [2.75, 3.05) is 5.32 Å². The third kappa shape index (κ3) is 3.49. The maximum Gasteiger partial charge on any atom is 0.420 e. The normalized spacial score (nSPS) is 17.3. The zero-order valence-corrected chi connectivity index (χ0v) is 17.3. The Balaban J connectivity index is 1.49. The molecule has 0 radical (unpaired) electrons. The monoisotopic (exact) mass is 460 g/mol. The van der Waals surface area contributed by atoms with Gasteiger partial charge in [0.1, 0.15) is 5.56 Å². The Morgan fingerprint density at radius 1 is 1.15 bits per heavy atom. The second-order valence-corrected chi connectivity index (χ2v) is 8.34. The highest BCUT2D eigenvalue weighted by Crippen LogP contribution is 2.46. The second-order valence-electron chi connectivity index (χ2n) is 8.34. The van der Waals surface area contributed by atoms with Gasteiger partial charge in [0.05, 0.1) is 35.9 Å². The van der Waals surface area contributed by atoms with Crippen LogP contribution in [0.2, 0.25) is 0 Å². The van der Waals surface area contributed by atoms with Crippen LogP contribution in [0.5, 0.6) is 0 Å². The molecular weight excluding hydrogens is 444 g/mol. The first kappa shape index (κ1) is 21.0. The molecule has 5 rings (SSSR count). The molecule has 4 aromatic heterocycles. The maximum absolute atomic E-state index is 13.7. The number of rotatable bonds is 3. The number of hydrogen-bond donors (Lipinski definition) is 1. The van der Waals surface area contributed by atoms with Crippen molar-refractivity contribution in [1.29, 1.82) is 0 Å². The van der Waals surface area contributed by atoms with Gasteiger partial charge in [0, 0.05) is 23.2 Å². The molecule has 13 heteroatoms. The van der Waals surface area contributed by atoms with Crippen LogP contribution in [0.1, 0.15) is 43.0 Å². The summed E-state index contributed by atoms with van der Waals surface area (Å²) >= 11 is 0. The lowest BCUT2D eigenvalue weighted by Gasteiger charge is -2.19. The molecule has 1 aliphatic rings. The summed E-state index contributed by atoms with van der Waals surface area (Å²) in [4.78, 5) is 21.8. The fourth-order valence-electron chi connectivity index (χ4n) is 4.25. The third-order valence-corrected chi connectivity index (χ3v) is 5.58. The Morgan fingerprint density at radius 3 is 2.58 bits per heavy atom. The van der Waals surface area contributed by atoms with Crippen molar-refractivity contribution in [3.8, 4) is 5.82 Å². The number of alkyl halides is 3. The number of carbonyl (C=O) groups excluding carboxylic acids is 1. The number of halogens is 4. The minimum atomic E-state index is -4.75. The van der Waals surface area contributed by atoms with Crippen molar-refractivity contribution in [2.24, 2.45) is 0 Å². The van der Waals surface area contributed by atoms with Crippen molar-refractivity contribution < 1.29 is 22.4 Å². The van der Waals surface area contributed by atoms with Crippen LogP contribution in [-0.4, -0.2) is 40.5 Å². The number of fused-ring (bicyclic) bond motifs is 3. The van der Waals surface area contributed by atoms with Crippen molar-refractivity contribution in [3.05, 3.63) is 59.7 Å². The maximum atomic E-state index is 13.7. The first-order valence-electron chi connectivity index (χ1n) is 9.84. The molecule has 9 nitrogen and oxygen atoms in total. The molecule has 0 saturated carbocycles. The number of pyridine rings is 1. The van der Waals surface area contributed by atoms with Gasteiger partial charge in [0.2, 0.25) is 11.9 Å². The van der Waals surface area contributed by atoms with E-state index in [2.05, 4.69) is 30.6 Å². The number of anilines is 1. The highest BCUT2D eigenvalue weighted by Gasteiger charge is 2.43. The molecule has 1 atom stereocenters. The van der Waals surface area contributed by atoms with E-state index in [-0.39, 0.29) is 5.69 Å². The number of amides is 1. The SMILES string of the molecule is CC1(C)CC(C(=O)Nc2cnc(-n3nccn3)c(C(F)(F)F)c2)c2cnc3cc(F)nn3c21. The molecule has 1 amide bonds. The van der Waals surface area contributed by atoms with Crippen LogP contribution in [0, 0.1) is 5.95 Å². The molecule has 170 valence electrons. The standard InChI is InChI=1S/C20H16F4N8O/c1-19(2)7-11(12-9-25-15-6-14(21)30-31(15)16(12)19)18(33)29-10-5-13(20(22,23)24)17(26-8-10)32-27-3-4-28-32/h3-6,8-9,11H,7H2,1-2H3,(H,29,33). The molecule has 1 unspecified atom stereocenters. The summed E-state index contributed by atoms with van der Waals surface area (Å²) < 4.78 is 56.0. The molecule has 1 N–H and O–H groups in total. The lowest BCUT2D eigenvalue weighted by atomic mass is 9.88. The first-order valence-corrected chi connectivity index (χ1v) is 9.84. The number of carbonyl (C=O) groups is 1. The van der Waals surface area contributed by atoms with Gasteiger partial charge >= 0.3 is 6.18 Å². The average molecular weight is 460 g/mol. The lowest BCUT2D eigenvalue weighted by molar-refractivity contribution is -0.137. The predicted molar refractivity (Wildman–Crippen MR) is 106 cm³/mol. The van der Waals surface area contributed by atoms with E-state index in [1.807, 2.05) is 13.8 Å². The van der Waals surface area contributed by atoms with Gasteiger partial charge in [-0.05, 0) is 12.5 Å². The molecule has 0 aromatic carbocycles. The summed E-state index contributed by atoms with van der Waals surface area (Å²) in [5.41, 5.74) is -0.308. The van der Waals surface area contributed by atoms with Crippen LogP contribution in [-0.2, 0) is 16.4 Å². The highest BCUT2D eigenvalue weighted by atomic mass is 19.4. The Hall–Kier alpha value is -3.90. The summed E-state index contributed by atoms with van der Waals surface area (Å²) in [6.07, 6.45) is 0.637. The van der Waals surface area contributed by atoms with E-state index < -0.39 is 40.7 Å². The summed E-state index contributed by atoms with van der Waals surface area (Å²) in [5, 5.41) is 13.7. The van der Waals surface area contributed by atoms with Gasteiger partial charge in [-0.1, -0.05) is 13.8 Å². The van der Waals surface area contributed by atoms with Gasteiger partial charge in [-0.15, -0.1) is 9.90 Å². The van der Waals surface area contributed by atoms with Crippen LogP contribution in [0.25, 0.3) is 11.5 Å². The van der Waals surface area contributed by atoms with E-state index in [1.54, 1.807) is 0 Å². The number of aromatic nitrogens is 7. The van der Waals surface area contributed by atoms with Crippen molar-refractivity contribution in [1.82, 2.24) is 34.6 Å². The zero-order valence-electron chi connectivity index (χ0n) is 17.3. The summed E-state index contributed by atoms with van der Waals surface area (Å²) in [6.45, 7) is 3.76. The van der Waals surface area contributed by atoms with E-state index in [0.29, 0.717) is 23.3 Å². The molecule has 0 saturated heterocycles. The molecule has 4 aromatic rings. The summed E-state index contributed by atoms with van der Waals surface area (Å²) in [5.74, 6) is -2.46. The molecule has 4 heterocycles. The van der Waals surface area contributed by atoms with Gasteiger partial charge in [-0.2, -0.15) is 27.8 Å². The van der Waals surface area contributed by atoms with Gasteiger partial charge in [0.25, 0.3) is 0 Å². The van der Waals surface area contributed by atoms with Crippen molar-refractivity contribution in [2.45, 2.75) is 37.8 Å². The Labute approximate surface area is 183 Å². The zero-order chi connectivity index (χ0) is 23.5. The van der Waals surface area contributed by atoms with Crippen LogP contribution in [0.4, 0.5) is 23.2 Å². The molecular formula is C20H16F4N8O. The summed E-state index contributed by atoms with van der Waals surface area (Å²) in [7, 11) is 0. The van der Waals surface area contributed by atoms with Crippen molar-refractivity contribution in [3.63, 3.8) is 0 Å². The highest BCUT2D eigenvalue weighted by molar-refractivity contribution is 5.96. The molecule has 0 aliphatic heterocycles. The number of hydrogen-bond acceptors (Lipinski definition) is 6. The van der Waals surface area contributed by atoms with E-state index >= 15 is 0 Å². The topological polar surface area (TPSA) is 103 Å². The van der Waals surface area contributed by atoms with Gasteiger partial charge < -0.3 is 5.32 Å². The molecule has 1 aliphatic carbocycles. The first-order chi connectivity index (χ1) is 15.5. The third-order valence-electron chi connectivity index (χ3n) is 5.58. The van der Waals surface area contributed by atoms with Crippen LogP contribution < -0.4 is 5.32 Å². The second kappa shape index (κ2) is 7.05. The Morgan fingerprint density at radius 2 is 1.88 bits per heavy atom. The predicted octanol–water partition coefficient (Wildman–Crippen LogP) is 3.27. The molecule has 0 spiro atoms. The Bertz CT molecular complexity index is 1380. The van der Waals surface area contributed by atoms with Gasteiger partial charge in [-0.3, -0.25) is 4.79 Å². The van der Waals surface area contributed by atoms with E-state index in [4.69, 9.17) is 0 Å². The smallest absolute Gasteiger partial charge is 0.324 e. The largest absolute Gasteiger partial charge is 0.420 e. The number of nitrogens with one attached hydrogen (secondary N) is 1. The van der Waals surface area contributed by atoms with Crippen LogP contribution >= 0.6 is 0 Å². The van der Waals surface area contributed by atoms with Crippen LogP contribution in [0.15, 0.2) is 36.9 Å². The lowest BCUT2D eigenvalue weighted by Crippen LogP contribution is -2.22. The molecule has 33 heavy (non-hydrogen) atoms. The number of nitrogens with zero attached hydrogens (tertiary/aromatic N) is 7. The van der Waals surface area contributed by atoms with Crippen LogP contribution in [0.3, 0.4) is 0 Å². The summed E-state index contributed by atoms with van der Waals surface area (Å²) in [6, 6.07) is 1.97. The van der Waals surface area contributed by atoms with Crippen molar-refractivity contribution >= 4 is 17.2 Å². The van der Waals surface area contributed by atoms with E-state index in [9.17, 15) is 22.4 Å². The quantitative estimate of drug-likeness (QED) is 0.471. The average Bonchev–Trinajstić information content (AvgIpc) is 3.44. The molecule has 0 fully saturated rings. The minimum absolute atomic E-state index is 0.131. The minimum Gasteiger partial charge on any atom is -0.324 e. The fourth-order valence-corrected chi connectivity index (χ4v) is 4.25. The van der Waals surface area contributed by atoms with E-state index in [0.717, 1.165) is 17.1 Å². The van der Waals surface area contributed by atoms with E-state index in [1.165, 1.54) is 29.2 Å². The van der Waals surface area contributed by atoms with Gasteiger partial charge in [-0.25, -0.2) is 14.5 Å². The Kier molecular flexibility index (Phi) is 4.48. The van der Waals surface area contributed by atoms with Gasteiger partial charge in [0.15, 0.2) is 11.5 Å². The molecule has 0 bridgehead atoms.